The molecule has 2 aromatic rings. The molecule has 2 N–H and O–H groups in total. The van der Waals surface area contributed by atoms with Gasteiger partial charge in [0.15, 0.2) is 4.96 Å². The van der Waals surface area contributed by atoms with Gasteiger partial charge in [-0.15, -0.1) is 11.3 Å². The highest BCUT2D eigenvalue weighted by Crippen LogP contribution is 2.62. The fraction of sp³-hybridized carbons (Fsp3) is 0.667. The third kappa shape index (κ3) is 2.47. The van der Waals surface area contributed by atoms with E-state index in [-0.39, 0.29) is 11.3 Å². The predicted molar refractivity (Wildman–Crippen MR) is 91.6 cm³/mol. The Bertz CT molecular complexity index is 753. The number of rotatable bonds is 4. The minimum atomic E-state index is -0.488. The lowest BCUT2D eigenvalue weighted by Gasteiger charge is -2.60. The van der Waals surface area contributed by atoms with Crippen molar-refractivity contribution in [1.82, 2.24) is 14.7 Å². The number of nitrogens with zero attached hydrogens (tertiary/aromatic N) is 2. The van der Waals surface area contributed by atoms with E-state index in [2.05, 4.69) is 10.3 Å². The van der Waals surface area contributed by atoms with Gasteiger partial charge in [0.2, 0.25) is 5.91 Å². The quantitative estimate of drug-likeness (QED) is 0.895. The van der Waals surface area contributed by atoms with Gasteiger partial charge in [-0.1, -0.05) is 0 Å². The van der Waals surface area contributed by atoms with E-state index in [9.17, 15) is 9.90 Å². The number of aromatic nitrogens is 2. The molecule has 5 nitrogen and oxygen atoms in total. The number of carbonyl (C=O) groups is 1. The Morgan fingerprint density at radius 2 is 2.17 bits per heavy atom. The lowest BCUT2D eigenvalue weighted by molar-refractivity contribution is -0.169. The van der Waals surface area contributed by atoms with Gasteiger partial charge in [0.25, 0.3) is 0 Å². The summed E-state index contributed by atoms with van der Waals surface area (Å²) in [5.74, 6) is 1.37. The summed E-state index contributed by atoms with van der Waals surface area (Å²) in [5, 5.41) is 15.9. The first-order chi connectivity index (χ1) is 11.5. The zero-order valence-electron chi connectivity index (χ0n) is 13.7. The molecular formula is C18H23N3O2S. The van der Waals surface area contributed by atoms with E-state index < -0.39 is 5.60 Å². The van der Waals surface area contributed by atoms with Gasteiger partial charge in [0.1, 0.15) is 0 Å². The normalized spacial score (nSPS) is 37.2. The molecule has 6 heteroatoms. The Morgan fingerprint density at radius 3 is 2.88 bits per heavy atom. The highest BCUT2D eigenvalue weighted by Gasteiger charge is 2.57. The van der Waals surface area contributed by atoms with Gasteiger partial charge in [0, 0.05) is 24.2 Å². The van der Waals surface area contributed by atoms with Crippen LogP contribution in [0.5, 0.6) is 0 Å². The van der Waals surface area contributed by atoms with Crippen LogP contribution in [-0.4, -0.2) is 26.0 Å². The van der Waals surface area contributed by atoms with E-state index in [1.807, 2.05) is 22.2 Å². The molecule has 2 unspecified atom stereocenters. The first-order valence-corrected chi connectivity index (χ1v) is 9.79. The first-order valence-electron chi connectivity index (χ1n) is 8.91. The van der Waals surface area contributed by atoms with Crippen molar-refractivity contribution < 1.29 is 9.90 Å². The second-order valence-electron chi connectivity index (χ2n) is 8.46. The number of hydrogen-bond acceptors (Lipinski definition) is 4. The molecule has 4 fully saturated rings. The summed E-state index contributed by atoms with van der Waals surface area (Å²) in [5.41, 5.74) is 0.454. The van der Waals surface area contributed by atoms with Crippen LogP contribution < -0.4 is 5.32 Å². The number of aliphatic hydroxyl groups is 1. The zero-order chi connectivity index (χ0) is 16.4. The van der Waals surface area contributed by atoms with Gasteiger partial charge in [-0.2, -0.15) is 0 Å². The van der Waals surface area contributed by atoms with Gasteiger partial charge < -0.3 is 10.4 Å². The van der Waals surface area contributed by atoms with Gasteiger partial charge in [-0.25, -0.2) is 4.98 Å². The lowest BCUT2D eigenvalue weighted by Crippen LogP contribution is -2.56. The van der Waals surface area contributed by atoms with Crippen molar-refractivity contribution in [3.05, 3.63) is 23.5 Å². The summed E-state index contributed by atoms with van der Waals surface area (Å²) < 4.78 is 1.99. The van der Waals surface area contributed by atoms with Crippen LogP contribution in [0.1, 0.15) is 50.6 Å². The summed E-state index contributed by atoms with van der Waals surface area (Å²) in [6.07, 6.45) is 10.8. The highest BCUT2D eigenvalue weighted by molar-refractivity contribution is 7.15. The number of imidazole rings is 1. The molecule has 0 aliphatic heterocycles. The van der Waals surface area contributed by atoms with E-state index in [1.165, 1.54) is 6.42 Å². The van der Waals surface area contributed by atoms with Crippen molar-refractivity contribution in [3.8, 4) is 0 Å². The Labute approximate surface area is 145 Å². The number of thiazole rings is 1. The summed E-state index contributed by atoms with van der Waals surface area (Å²) >= 11 is 1.60. The van der Waals surface area contributed by atoms with Crippen LogP contribution >= 0.6 is 11.3 Å². The van der Waals surface area contributed by atoms with Crippen LogP contribution in [0.15, 0.2) is 17.8 Å². The Morgan fingerprint density at radius 1 is 1.38 bits per heavy atom. The van der Waals surface area contributed by atoms with E-state index in [0.29, 0.717) is 24.8 Å². The average Bonchev–Trinajstić information content (AvgIpc) is 3.02. The third-order valence-electron chi connectivity index (χ3n) is 6.30. The summed E-state index contributed by atoms with van der Waals surface area (Å²) in [6, 6.07) is 0. The van der Waals surface area contributed by atoms with Crippen molar-refractivity contribution in [3.63, 3.8) is 0 Å². The third-order valence-corrected chi connectivity index (χ3v) is 7.07. The molecule has 0 radical (unpaired) electrons. The molecule has 128 valence electrons. The predicted octanol–water partition coefficient (Wildman–Crippen LogP) is 2.73. The Kier molecular flexibility index (Phi) is 3.14. The van der Waals surface area contributed by atoms with Crippen molar-refractivity contribution in [2.75, 3.05) is 0 Å². The standard InChI is InChI=1S/C18H23N3O2S/c22-15(19-9-14-10-21-1-2-24-16(21)20-14)8-17-4-12-3-13(5-17)7-18(23,6-12)11-17/h1-2,10,12-13,23H,3-9,11H2,(H,19,22). The lowest BCUT2D eigenvalue weighted by atomic mass is 9.47. The minimum Gasteiger partial charge on any atom is -0.390 e. The first kappa shape index (κ1) is 14.9. The summed E-state index contributed by atoms with van der Waals surface area (Å²) in [7, 11) is 0. The summed E-state index contributed by atoms with van der Waals surface area (Å²) in [6.45, 7) is 0.487. The van der Waals surface area contributed by atoms with Crippen LogP contribution in [0, 0.1) is 17.3 Å². The molecule has 1 amide bonds. The fourth-order valence-electron chi connectivity index (χ4n) is 6.06. The number of fused-ring (bicyclic) bond motifs is 1. The van der Waals surface area contributed by atoms with Crippen LogP contribution in [0.25, 0.3) is 4.96 Å². The van der Waals surface area contributed by atoms with Gasteiger partial charge >= 0.3 is 0 Å². The monoisotopic (exact) mass is 345 g/mol. The van der Waals surface area contributed by atoms with Crippen molar-refractivity contribution in [2.45, 2.75) is 57.1 Å². The van der Waals surface area contributed by atoms with Crippen LogP contribution in [-0.2, 0) is 11.3 Å². The van der Waals surface area contributed by atoms with Gasteiger partial charge in [-0.05, 0) is 55.8 Å². The second kappa shape index (κ2) is 5.05. The number of nitrogens with one attached hydrogen (secondary N) is 1. The number of hydrogen-bond donors (Lipinski definition) is 2. The molecular weight excluding hydrogens is 322 g/mol. The SMILES string of the molecule is O=C(CC12CC3CC(CC(O)(C3)C1)C2)NCc1cn2ccsc2n1. The smallest absolute Gasteiger partial charge is 0.220 e. The van der Waals surface area contributed by atoms with Crippen LogP contribution in [0.4, 0.5) is 0 Å². The molecule has 2 heterocycles. The minimum absolute atomic E-state index is 0.0392. The molecule has 6 rings (SSSR count). The van der Waals surface area contributed by atoms with E-state index in [4.69, 9.17) is 0 Å². The zero-order valence-corrected chi connectivity index (χ0v) is 14.5. The van der Waals surface area contributed by atoms with E-state index in [1.54, 1.807) is 11.3 Å². The average molecular weight is 345 g/mol. The molecule has 4 aliphatic carbocycles. The van der Waals surface area contributed by atoms with Gasteiger partial charge in [-0.3, -0.25) is 9.20 Å². The topological polar surface area (TPSA) is 66.6 Å². The summed E-state index contributed by atoms with van der Waals surface area (Å²) in [4.78, 5) is 18.0. The highest BCUT2D eigenvalue weighted by atomic mass is 32.1. The maximum Gasteiger partial charge on any atom is 0.220 e. The molecule has 0 spiro atoms. The second-order valence-corrected chi connectivity index (χ2v) is 9.34. The fourth-order valence-corrected chi connectivity index (χ4v) is 6.78. The number of carbonyl (C=O) groups excluding carboxylic acids is 1. The molecule has 4 bridgehead atoms. The van der Waals surface area contributed by atoms with E-state index in [0.717, 1.165) is 42.8 Å². The largest absolute Gasteiger partial charge is 0.390 e. The number of amides is 1. The maximum atomic E-state index is 12.5. The molecule has 0 aromatic carbocycles. The molecule has 4 aliphatic rings. The maximum absolute atomic E-state index is 12.5. The Balaban J connectivity index is 1.24. The molecule has 0 saturated heterocycles. The van der Waals surface area contributed by atoms with Crippen LogP contribution in [0.3, 0.4) is 0 Å². The Hall–Kier alpha value is -1.40. The van der Waals surface area contributed by atoms with Crippen molar-refractivity contribution in [1.29, 1.82) is 0 Å². The molecule has 24 heavy (non-hydrogen) atoms. The molecule has 2 atom stereocenters. The van der Waals surface area contributed by atoms with Crippen molar-refractivity contribution in [2.24, 2.45) is 17.3 Å². The van der Waals surface area contributed by atoms with Crippen LogP contribution in [0.2, 0.25) is 0 Å². The van der Waals surface area contributed by atoms with Gasteiger partial charge in [0.05, 0.1) is 17.8 Å². The van der Waals surface area contributed by atoms with Crippen molar-refractivity contribution >= 4 is 22.2 Å². The molecule has 4 saturated carbocycles. The van der Waals surface area contributed by atoms with E-state index >= 15 is 0 Å². The molecule has 2 aromatic heterocycles.